The molecule has 0 aliphatic heterocycles. The lowest BCUT2D eigenvalue weighted by atomic mass is 10.2. The van der Waals surface area contributed by atoms with Gasteiger partial charge in [0.1, 0.15) is 12.0 Å². The highest BCUT2D eigenvalue weighted by Gasteiger charge is 2.31. The third kappa shape index (κ3) is 4.62. The second kappa shape index (κ2) is 6.68. The SMILES string of the molecule is NC(CCc1cccs1)Oc1ccc(C(F)(F)F)cc1Cl. The third-order valence-electron chi connectivity index (χ3n) is 2.79. The summed E-state index contributed by atoms with van der Waals surface area (Å²) < 4.78 is 42.9. The summed E-state index contributed by atoms with van der Waals surface area (Å²) in [5, 5.41) is 1.87. The predicted octanol–water partition coefficient (Wildman–Crippen LogP) is 4.72. The van der Waals surface area contributed by atoms with Gasteiger partial charge in [0.2, 0.25) is 0 Å². The van der Waals surface area contributed by atoms with Gasteiger partial charge in [-0.05, 0) is 36.1 Å². The molecule has 0 aliphatic rings. The van der Waals surface area contributed by atoms with Crippen molar-refractivity contribution in [3.63, 3.8) is 0 Å². The standard InChI is InChI=1S/C14H13ClF3NOS/c15-11-8-9(14(16,17)18)3-5-12(11)20-13(19)6-4-10-2-1-7-21-10/h1-3,5,7-8,13H,4,6,19H2. The fraction of sp³-hybridized carbons (Fsp3) is 0.286. The lowest BCUT2D eigenvalue weighted by Gasteiger charge is -2.16. The molecule has 0 saturated carbocycles. The molecule has 114 valence electrons. The van der Waals surface area contributed by atoms with Gasteiger partial charge >= 0.3 is 6.18 Å². The Labute approximate surface area is 129 Å². The van der Waals surface area contributed by atoms with Crippen molar-refractivity contribution in [2.75, 3.05) is 0 Å². The second-order valence-corrected chi connectivity index (χ2v) is 5.86. The van der Waals surface area contributed by atoms with Crippen molar-refractivity contribution in [2.24, 2.45) is 5.73 Å². The topological polar surface area (TPSA) is 35.2 Å². The molecule has 0 fully saturated rings. The fourth-order valence-corrected chi connectivity index (χ4v) is 2.68. The molecule has 2 N–H and O–H groups in total. The van der Waals surface area contributed by atoms with Crippen molar-refractivity contribution in [2.45, 2.75) is 25.2 Å². The molecule has 21 heavy (non-hydrogen) atoms. The number of hydrogen-bond donors (Lipinski definition) is 1. The Hall–Kier alpha value is -1.24. The van der Waals surface area contributed by atoms with Gasteiger partial charge in [-0.2, -0.15) is 13.2 Å². The lowest BCUT2D eigenvalue weighted by molar-refractivity contribution is -0.137. The van der Waals surface area contributed by atoms with E-state index in [4.69, 9.17) is 22.1 Å². The molecule has 7 heteroatoms. The molecule has 2 nitrogen and oxygen atoms in total. The molecule has 1 aromatic carbocycles. The van der Waals surface area contributed by atoms with Crippen LogP contribution in [0.5, 0.6) is 5.75 Å². The molecule has 1 atom stereocenters. The first kappa shape index (κ1) is 16.1. The van der Waals surface area contributed by atoms with Gasteiger partial charge < -0.3 is 4.74 Å². The Bertz CT molecular complexity index is 586. The first-order valence-corrected chi connectivity index (χ1v) is 7.43. The fourth-order valence-electron chi connectivity index (χ4n) is 1.73. The van der Waals surface area contributed by atoms with Crippen molar-refractivity contribution in [3.05, 3.63) is 51.2 Å². The van der Waals surface area contributed by atoms with E-state index in [1.54, 1.807) is 11.3 Å². The largest absolute Gasteiger partial charge is 0.474 e. The van der Waals surface area contributed by atoms with Gasteiger partial charge in [-0.25, -0.2) is 0 Å². The molecule has 0 bridgehead atoms. The average Bonchev–Trinajstić information content (AvgIpc) is 2.91. The van der Waals surface area contributed by atoms with Crippen molar-refractivity contribution in [3.8, 4) is 5.75 Å². The van der Waals surface area contributed by atoms with Crippen LogP contribution in [0.25, 0.3) is 0 Å². The molecule has 0 radical (unpaired) electrons. The van der Waals surface area contributed by atoms with Gasteiger partial charge in [0.05, 0.1) is 10.6 Å². The Morgan fingerprint density at radius 1 is 1.29 bits per heavy atom. The molecule has 1 heterocycles. The van der Waals surface area contributed by atoms with E-state index in [0.29, 0.717) is 6.42 Å². The number of thiophene rings is 1. The lowest BCUT2D eigenvalue weighted by Crippen LogP contribution is -2.27. The molecule has 1 aromatic heterocycles. The van der Waals surface area contributed by atoms with E-state index in [9.17, 15) is 13.2 Å². The molecule has 0 spiro atoms. The Morgan fingerprint density at radius 3 is 2.62 bits per heavy atom. The number of alkyl halides is 3. The molecular formula is C14H13ClF3NOS. The van der Waals surface area contributed by atoms with Crippen LogP contribution in [-0.4, -0.2) is 6.23 Å². The van der Waals surface area contributed by atoms with Gasteiger partial charge in [-0.3, -0.25) is 5.73 Å². The average molecular weight is 336 g/mol. The number of aryl methyl sites for hydroxylation is 1. The van der Waals surface area contributed by atoms with E-state index in [1.807, 2.05) is 17.5 Å². The molecule has 0 aliphatic carbocycles. The van der Waals surface area contributed by atoms with Crippen LogP contribution in [-0.2, 0) is 12.6 Å². The number of hydrogen-bond acceptors (Lipinski definition) is 3. The minimum absolute atomic E-state index is 0.101. The number of benzene rings is 1. The maximum absolute atomic E-state index is 12.5. The van der Waals surface area contributed by atoms with E-state index in [-0.39, 0.29) is 10.8 Å². The zero-order chi connectivity index (χ0) is 15.5. The van der Waals surface area contributed by atoms with Crippen LogP contribution in [0.3, 0.4) is 0 Å². The summed E-state index contributed by atoms with van der Waals surface area (Å²) in [6, 6.07) is 6.88. The van der Waals surface area contributed by atoms with Gasteiger partial charge in [0.15, 0.2) is 0 Å². The summed E-state index contributed by atoms with van der Waals surface area (Å²) in [5.74, 6) is 0.156. The van der Waals surface area contributed by atoms with Gasteiger partial charge in [0, 0.05) is 11.3 Å². The highest BCUT2D eigenvalue weighted by molar-refractivity contribution is 7.09. The zero-order valence-corrected chi connectivity index (χ0v) is 12.4. The molecule has 0 saturated heterocycles. The van der Waals surface area contributed by atoms with Gasteiger partial charge in [-0.15, -0.1) is 11.3 Å². The number of nitrogens with two attached hydrogens (primary N) is 1. The van der Waals surface area contributed by atoms with Crippen molar-refractivity contribution in [1.82, 2.24) is 0 Å². The minimum Gasteiger partial charge on any atom is -0.474 e. The van der Waals surface area contributed by atoms with Crippen molar-refractivity contribution in [1.29, 1.82) is 0 Å². The van der Waals surface area contributed by atoms with Crippen LogP contribution in [0.2, 0.25) is 5.02 Å². The minimum atomic E-state index is -4.43. The summed E-state index contributed by atoms with van der Waals surface area (Å²) in [5.41, 5.74) is 5.00. The van der Waals surface area contributed by atoms with Crippen LogP contribution >= 0.6 is 22.9 Å². The van der Waals surface area contributed by atoms with E-state index in [2.05, 4.69) is 0 Å². The first-order valence-electron chi connectivity index (χ1n) is 6.17. The summed E-state index contributed by atoms with van der Waals surface area (Å²) in [6.07, 6.45) is -3.75. The zero-order valence-electron chi connectivity index (χ0n) is 10.9. The quantitative estimate of drug-likeness (QED) is 0.803. The maximum atomic E-state index is 12.5. The molecule has 2 aromatic rings. The molecule has 0 amide bonds. The molecule has 1 unspecified atom stereocenters. The van der Waals surface area contributed by atoms with Gasteiger partial charge in [0.25, 0.3) is 0 Å². The number of ether oxygens (including phenoxy) is 1. The van der Waals surface area contributed by atoms with Crippen molar-refractivity contribution >= 4 is 22.9 Å². The van der Waals surface area contributed by atoms with E-state index >= 15 is 0 Å². The molecule has 2 rings (SSSR count). The van der Waals surface area contributed by atoms with Crippen LogP contribution in [0.4, 0.5) is 13.2 Å². The first-order chi connectivity index (χ1) is 9.86. The highest BCUT2D eigenvalue weighted by Crippen LogP contribution is 2.35. The summed E-state index contributed by atoms with van der Waals surface area (Å²) in [6.45, 7) is 0. The predicted molar refractivity (Wildman–Crippen MR) is 77.7 cm³/mol. The third-order valence-corrected chi connectivity index (χ3v) is 4.02. The van der Waals surface area contributed by atoms with Crippen LogP contribution in [0.15, 0.2) is 35.7 Å². The second-order valence-electron chi connectivity index (χ2n) is 4.42. The Kier molecular flexibility index (Phi) is 5.13. The Morgan fingerprint density at radius 2 is 2.05 bits per heavy atom. The van der Waals surface area contributed by atoms with E-state index in [1.165, 1.54) is 10.9 Å². The summed E-state index contributed by atoms with van der Waals surface area (Å²) in [4.78, 5) is 1.17. The van der Waals surface area contributed by atoms with Crippen molar-refractivity contribution < 1.29 is 17.9 Å². The monoisotopic (exact) mass is 335 g/mol. The maximum Gasteiger partial charge on any atom is 0.416 e. The number of halogens is 4. The van der Waals surface area contributed by atoms with Gasteiger partial charge in [-0.1, -0.05) is 17.7 Å². The highest BCUT2D eigenvalue weighted by atomic mass is 35.5. The van der Waals surface area contributed by atoms with Crippen LogP contribution in [0.1, 0.15) is 16.9 Å². The van der Waals surface area contributed by atoms with E-state index < -0.39 is 18.0 Å². The van der Waals surface area contributed by atoms with Crippen LogP contribution < -0.4 is 10.5 Å². The number of rotatable bonds is 5. The Balaban J connectivity index is 1.96. The normalized spacial score (nSPS) is 13.2. The van der Waals surface area contributed by atoms with Crippen LogP contribution in [0, 0.1) is 0 Å². The summed E-state index contributed by atoms with van der Waals surface area (Å²) >= 11 is 7.42. The molecular weight excluding hydrogens is 323 g/mol. The van der Waals surface area contributed by atoms with E-state index in [0.717, 1.165) is 18.6 Å². The smallest absolute Gasteiger partial charge is 0.416 e. The summed E-state index contributed by atoms with van der Waals surface area (Å²) in [7, 11) is 0.